The minimum atomic E-state index is -0.232. The lowest BCUT2D eigenvalue weighted by atomic mass is 9.99. The Hall–Kier alpha value is -2.11. The SMILES string of the molecule is Cc1nn(CC(=O)NC(c2ccccc2)c2ccc(Br)cc2)c(C)c1Cl. The van der Waals surface area contributed by atoms with Crippen molar-refractivity contribution in [3.63, 3.8) is 0 Å². The van der Waals surface area contributed by atoms with Gasteiger partial charge in [-0.25, -0.2) is 0 Å². The van der Waals surface area contributed by atoms with Crippen LogP contribution in [0, 0.1) is 13.8 Å². The molecule has 0 saturated heterocycles. The Morgan fingerprint density at radius 1 is 1.12 bits per heavy atom. The van der Waals surface area contributed by atoms with Crippen LogP contribution in [0.4, 0.5) is 0 Å². The largest absolute Gasteiger partial charge is 0.344 e. The van der Waals surface area contributed by atoms with Gasteiger partial charge in [0.25, 0.3) is 0 Å². The van der Waals surface area contributed by atoms with Crippen molar-refractivity contribution < 1.29 is 4.79 Å². The second-order valence-electron chi connectivity index (χ2n) is 6.11. The predicted molar refractivity (Wildman–Crippen MR) is 107 cm³/mol. The highest BCUT2D eigenvalue weighted by molar-refractivity contribution is 9.10. The average Bonchev–Trinajstić information content (AvgIpc) is 2.88. The van der Waals surface area contributed by atoms with Gasteiger partial charge in [0.1, 0.15) is 6.54 Å². The lowest BCUT2D eigenvalue weighted by molar-refractivity contribution is -0.122. The number of carbonyl (C=O) groups is 1. The van der Waals surface area contributed by atoms with Crippen molar-refractivity contribution >= 4 is 33.4 Å². The Morgan fingerprint density at radius 2 is 1.73 bits per heavy atom. The minimum absolute atomic E-state index is 0.121. The summed E-state index contributed by atoms with van der Waals surface area (Å²) >= 11 is 9.63. The molecule has 134 valence electrons. The fraction of sp³-hybridized carbons (Fsp3) is 0.200. The standard InChI is InChI=1S/C20H19BrClN3O/c1-13-19(22)14(2)25(24-13)12-18(26)23-20(15-6-4-3-5-7-15)16-8-10-17(21)11-9-16/h3-11,20H,12H2,1-2H3,(H,23,26). The molecule has 0 saturated carbocycles. The van der Waals surface area contributed by atoms with Crippen LogP contribution in [-0.2, 0) is 11.3 Å². The van der Waals surface area contributed by atoms with Gasteiger partial charge in [0.05, 0.1) is 22.5 Å². The Bertz CT molecular complexity index is 907. The number of halogens is 2. The van der Waals surface area contributed by atoms with Crippen molar-refractivity contribution in [1.82, 2.24) is 15.1 Å². The first-order valence-corrected chi connectivity index (χ1v) is 9.42. The zero-order chi connectivity index (χ0) is 18.7. The molecule has 1 N–H and O–H groups in total. The number of rotatable bonds is 5. The third-order valence-corrected chi connectivity index (χ3v) is 5.30. The second-order valence-corrected chi connectivity index (χ2v) is 7.40. The third-order valence-electron chi connectivity index (χ3n) is 4.23. The molecule has 0 aliphatic carbocycles. The molecule has 0 bridgehead atoms. The fourth-order valence-electron chi connectivity index (χ4n) is 2.83. The first-order valence-electron chi connectivity index (χ1n) is 8.25. The van der Waals surface area contributed by atoms with Gasteiger partial charge in [-0.3, -0.25) is 9.48 Å². The van der Waals surface area contributed by atoms with Crippen LogP contribution in [0.1, 0.15) is 28.6 Å². The van der Waals surface area contributed by atoms with Gasteiger partial charge in [-0.15, -0.1) is 0 Å². The molecular formula is C20H19BrClN3O. The highest BCUT2D eigenvalue weighted by Crippen LogP contribution is 2.24. The second kappa shape index (κ2) is 8.06. The number of aromatic nitrogens is 2. The minimum Gasteiger partial charge on any atom is -0.344 e. The number of carbonyl (C=O) groups excluding carboxylic acids is 1. The molecule has 1 aromatic heterocycles. The van der Waals surface area contributed by atoms with E-state index in [-0.39, 0.29) is 18.5 Å². The molecule has 3 aromatic rings. The molecule has 1 atom stereocenters. The van der Waals surface area contributed by atoms with Crippen LogP contribution in [0.2, 0.25) is 5.02 Å². The lowest BCUT2D eigenvalue weighted by Crippen LogP contribution is -2.32. The molecule has 0 aliphatic rings. The van der Waals surface area contributed by atoms with Gasteiger partial charge in [-0.1, -0.05) is 70.0 Å². The summed E-state index contributed by atoms with van der Waals surface area (Å²) in [5.41, 5.74) is 3.55. The highest BCUT2D eigenvalue weighted by Gasteiger charge is 2.18. The van der Waals surface area contributed by atoms with Gasteiger partial charge in [-0.05, 0) is 37.1 Å². The van der Waals surface area contributed by atoms with Crippen LogP contribution >= 0.6 is 27.5 Å². The molecule has 2 aromatic carbocycles. The van der Waals surface area contributed by atoms with Gasteiger partial charge in [0, 0.05) is 4.47 Å². The van der Waals surface area contributed by atoms with Crippen LogP contribution < -0.4 is 5.32 Å². The Balaban J connectivity index is 1.84. The van der Waals surface area contributed by atoms with E-state index >= 15 is 0 Å². The van der Waals surface area contributed by atoms with Crippen molar-refractivity contribution in [2.75, 3.05) is 0 Å². The monoisotopic (exact) mass is 431 g/mol. The molecule has 6 heteroatoms. The fourth-order valence-corrected chi connectivity index (χ4v) is 3.23. The number of amides is 1. The normalized spacial score (nSPS) is 12.0. The molecule has 0 radical (unpaired) electrons. The third kappa shape index (κ3) is 4.17. The van der Waals surface area contributed by atoms with E-state index in [0.29, 0.717) is 5.02 Å². The van der Waals surface area contributed by atoms with E-state index < -0.39 is 0 Å². The maximum Gasteiger partial charge on any atom is 0.242 e. The van der Waals surface area contributed by atoms with E-state index in [1.165, 1.54) is 0 Å². The number of hydrogen-bond acceptors (Lipinski definition) is 2. The molecule has 4 nitrogen and oxygen atoms in total. The zero-order valence-electron chi connectivity index (χ0n) is 14.5. The number of hydrogen-bond donors (Lipinski definition) is 1. The van der Waals surface area contributed by atoms with Crippen LogP contribution in [0.3, 0.4) is 0 Å². The van der Waals surface area contributed by atoms with Gasteiger partial charge >= 0.3 is 0 Å². The summed E-state index contributed by atoms with van der Waals surface area (Å²) in [7, 11) is 0. The van der Waals surface area contributed by atoms with E-state index in [2.05, 4.69) is 26.3 Å². The van der Waals surface area contributed by atoms with Gasteiger partial charge in [-0.2, -0.15) is 5.10 Å². The average molecular weight is 433 g/mol. The van der Waals surface area contributed by atoms with E-state index in [4.69, 9.17) is 11.6 Å². The first kappa shape index (κ1) is 18.7. The van der Waals surface area contributed by atoms with Crippen LogP contribution in [-0.4, -0.2) is 15.7 Å². The van der Waals surface area contributed by atoms with Gasteiger partial charge in [0.15, 0.2) is 0 Å². The summed E-state index contributed by atoms with van der Waals surface area (Å²) in [6.07, 6.45) is 0. The summed E-state index contributed by atoms with van der Waals surface area (Å²) < 4.78 is 2.63. The molecule has 3 rings (SSSR count). The van der Waals surface area contributed by atoms with Crippen LogP contribution in [0.25, 0.3) is 0 Å². The lowest BCUT2D eigenvalue weighted by Gasteiger charge is -2.20. The first-order chi connectivity index (χ1) is 12.5. The molecule has 1 unspecified atom stereocenters. The summed E-state index contributed by atoms with van der Waals surface area (Å²) in [5.74, 6) is -0.121. The smallest absolute Gasteiger partial charge is 0.242 e. The molecule has 0 fully saturated rings. The van der Waals surface area contributed by atoms with E-state index in [1.807, 2.05) is 68.4 Å². The molecular weight excluding hydrogens is 414 g/mol. The summed E-state index contributed by atoms with van der Waals surface area (Å²) in [4.78, 5) is 12.7. The van der Waals surface area contributed by atoms with E-state index in [0.717, 1.165) is 27.0 Å². The van der Waals surface area contributed by atoms with Crippen molar-refractivity contribution in [2.24, 2.45) is 0 Å². The Morgan fingerprint density at radius 3 is 2.31 bits per heavy atom. The maximum absolute atomic E-state index is 12.7. The maximum atomic E-state index is 12.7. The number of nitrogens with one attached hydrogen (secondary N) is 1. The van der Waals surface area contributed by atoms with Crippen molar-refractivity contribution in [2.45, 2.75) is 26.4 Å². The van der Waals surface area contributed by atoms with E-state index in [1.54, 1.807) is 4.68 Å². The molecule has 26 heavy (non-hydrogen) atoms. The molecule has 0 aliphatic heterocycles. The number of benzene rings is 2. The molecule has 1 amide bonds. The predicted octanol–water partition coefficient (Wildman–Crippen LogP) is 4.82. The van der Waals surface area contributed by atoms with Gasteiger partial charge in [0.2, 0.25) is 5.91 Å². The molecule has 1 heterocycles. The van der Waals surface area contributed by atoms with Crippen molar-refractivity contribution in [1.29, 1.82) is 0 Å². The number of nitrogens with zero attached hydrogens (tertiary/aromatic N) is 2. The number of aryl methyl sites for hydroxylation is 1. The summed E-state index contributed by atoms with van der Waals surface area (Å²) in [6.45, 7) is 3.82. The summed E-state index contributed by atoms with van der Waals surface area (Å²) in [6, 6.07) is 17.6. The molecule has 0 spiro atoms. The summed E-state index contributed by atoms with van der Waals surface area (Å²) in [5, 5.41) is 8.05. The van der Waals surface area contributed by atoms with Crippen molar-refractivity contribution in [3.05, 3.63) is 86.6 Å². The van der Waals surface area contributed by atoms with Crippen LogP contribution in [0.5, 0.6) is 0 Å². The van der Waals surface area contributed by atoms with Gasteiger partial charge < -0.3 is 5.32 Å². The van der Waals surface area contributed by atoms with Crippen molar-refractivity contribution in [3.8, 4) is 0 Å². The quantitative estimate of drug-likeness (QED) is 0.628. The van der Waals surface area contributed by atoms with E-state index in [9.17, 15) is 4.79 Å². The topological polar surface area (TPSA) is 46.9 Å². The highest BCUT2D eigenvalue weighted by atomic mass is 79.9. The Kier molecular flexibility index (Phi) is 5.79. The van der Waals surface area contributed by atoms with Crippen LogP contribution in [0.15, 0.2) is 59.1 Å². The zero-order valence-corrected chi connectivity index (χ0v) is 16.9. The Labute approximate surface area is 166 Å².